The molecule has 6 nitrogen and oxygen atoms in total. The maximum atomic E-state index is 13.3. The highest BCUT2D eigenvalue weighted by molar-refractivity contribution is 7.62. The Labute approximate surface area is 175 Å². The number of rotatable bonds is 10. The molecule has 0 saturated heterocycles. The number of halogens is 1. The standard InChI is InChI=1S/C21H24ClN2O4P/c1-3-26-29(25,27-4-2)21-20(23-15-17-12-8-9-13-18(17)22)28-19(24-21)14-16-10-6-5-7-11-16/h5-13,23H,3-4,14-15H2,1-2H3. The summed E-state index contributed by atoms with van der Waals surface area (Å²) in [5.74, 6) is 0.688. The van der Waals surface area contributed by atoms with Gasteiger partial charge in [-0.3, -0.25) is 4.57 Å². The van der Waals surface area contributed by atoms with Gasteiger partial charge in [-0.25, -0.2) is 4.98 Å². The Balaban J connectivity index is 1.93. The third-order valence-corrected chi connectivity index (χ3v) is 6.49. The molecule has 1 N–H and O–H groups in total. The highest BCUT2D eigenvalue weighted by atomic mass is 35.5. The van der Waals surface area contributed by atoms with Crippen molar-refractivity contribution in [3.8, 4) is 0 Å². The van der Waals surface area contributed by atoms with E-state index in [4.69, 9.17) is 25.1 Å². The molecule has 0 amide bonds. The van der Waals surface area contributed by atoms with Crippen molar-refractivity contribution in [2.45, 2.75) is 26.8 Å². The molecule has 29 heavy (non-hydrogen) atoms. The molecule has 0 aliphatic carbocycles. The van der Waals surface area contributed by atoms with Crippen LogP contribution in [0.15, 0.2) is 59.0 Å². The summed E-state index contributed by atoms with van der Waals surface area (Å²) < 4.78 is 30.2. The lowest BCUT2D eigenvalue weighted by molar-refractivity contribution is 0.229. The van der Waals surface area contributed by atoms with Crippen molar-refractivity contribution in [1.82, 2.24) is 4.98 Å². The second kappa shape index (κ2) is 10.1. The first kappa shape index (κ1) is 21.6. The Morgan fingerprint density at radius 2 is 1.69 bits per heavy atom. The summed E-state index contributed by atoms with van der Waals surface area (Å²) in [5, 5.41) is 3.78. The van der Waals surface area contributed by atoms with E-state index in [1.165, 1.54) is 0 Å². The van der Waals surface area contributed by atoms with E-state index in [1.807, 2.05) is 54.6 Å². The zero-order valence-electron chi connectivity index (χ0n) is 16.4. The zero-order chi connectivity index (χ0) is 20.7. The van der Waals surface area contributed by atoms with E-state index in [0.717, 1.165) is 11.1 Å². The molecule has 154 valence electrons. The van der Waals surface area contributed by atoms with Crippen LogP contribution in [-0.2, 0) is 26.6 Å². The summed E-state index contributed by atoms with van der Waals surface area (Å²) in [6.45, 7) is 4.34. The number of hydrogen-bond donors (Lipinski definition) is 1. The van der Waals surface area contributed by atoms with Crippen molar-refractivity contribution >= 4 is 30.5 Å². The first-order valence-electron chi connectivity index (χ1n) is 9.46. The average Bonchev–Trinajstić information content (AvgIpc) is 3.12. The van der Waals surface area contributed by atoms with Gasteiger partial charge in [-0.2, -0.15) is 0 Å². The van der Waals surface area contributed by atoms with E-state index >= 15 is 0 Å². The Morgan fingerprint density at radius 1 is 1.03 bits per heavy atom. The Kier molecular flexibility index (Phi) is 7.51. The maximum Gasteiger partial charge on any atom is 0.385 e. The fourth-order valence-electron chi connectivity index (χ4n) is 2.82. The van der Waals surface area contributed by atoms with Gasteiger partial charge in [0.1, 0.15) is 0 Å². The van der Waals surface area contributed by atoms with Crippen LogP contribution in [0.1, 0.15) is 30.9 Å². The number of anilines is 1. The second-order valence-electron chi connectivity index (χ2n) is 6.20. The number of nitrogens with one attached hydrogen (secondary N) is 1. The lowest BCUT2D eigenvalue weighted by atomic mass is 10.2. The summed E-state index contributed by atoms with van der Waals surface area (Å²) in [7, 11) is -3.63. The van der Waals surface area contributed by atoms with Gasteiger partial charge in [0.15, 0.2) is 0 Å². The summed E-state index contributed by atoms with van der Waals surface area (Å²) >= 11 is 6.24. The topological polar surface area (TPSA) is 73.6 Å². The van der Waals surface area contributed by atoms with E-state index in [9.17, 15) is 4.57 Å². The third kappa shape index (κ3) is 5.49. The average molecular weight is 435 g/mol. The van der Waals surface area contributed by atoms with Crippen molar-refractivity contribution in [2.24, 2.45) is 0 Å². The number of oxazole rings is 1. The third-order valence-electron chi connectivity index (χ3n) is 4.11. The predicted octanol–water partition coefficient (Wildman–Crippen LogP) is 5.42. The number of aromatic nitrogens is 1. The molecule has 0 saturated carbocycles. The molecule has 3 rings (SSSR count). The van der Waals surface area contributed by atoms with Gasteiger partial charge in [0.2, 0.25) is 17.2 Å². The van der Waals surface area contributed by atoms with E-state index in [2.05, 4.69) is 10.3 Å². The monoisotopic (exact) mass is 434 g/mol. The van der Waals surface area contributed by atoms with Gasteiger partial charge in [0.05, 0.1) is 13.2 Å². The normalized spacial score (nSPS) is 11.6. The van der Waals surface area contributed by atoms with Gasteiger partial charge in [0.25, 0.3) is 0 Å². The SMILES string of the molecule is CCOP(=O)(OCC)c1nc(Cc2ccccc2)oc1NCc1ccccc1Cl. The lowest BCUT2D eigenvalue weighted by Crippen LogP contribution is -2.17. The molecule has 0 aliphatic rings. The molecule has 8 heteroatoms. The summed E-state index contributed by atoms with van der Waals surface area (Å²) in [4.78, 5) is 4.47. The highest BCUT2D eigenvalue weighted by Crippen LogP contribution is 2.48. The molecule has 0 spiro atoms. The summed E-state index contributed by atoms with van der Waals surface area (Å²) in [6, 6.07) is 17.3. The summed E-state index contributed by atoms with van der Waals surface area (Å²) in [5.41, 5.74) is 2.06. The molecule has 0 unspecified atom stereocenters. The van der Waals surface area contributed by atoms with Crippen LogP contribution in [0.3, 0.4) is 0 Å². The molecule has 0 bridgehead atoms. The second-order valence-corrected chi connectivity index (χ2v) is 8.54. The van der Waals surface area contributed by atoms with Crippen LogP contribution in [0, 0.1) is 0 Å². The first-order valence-corrected chi connectivity index (χ1v) is 11.4. The quantitative estimate of drug-likeness (QED) is 0.429. The summed E-state index contributed by atoms with van der Waals surface area (Å²) in [6.07, 6.45) is 0.458. The minimum absolute atomic E-state index is 0.152. The van der Waals surface area contributed by atoms with Crippen LogP contribution in [0.2, 0.25) is 5.02 Å². The van der Waals surface area contributed by atoms with Crippen molar-refractivity contribution in [3.05, 3.63) is 76.6 Å². The van der Waals surface area contributed by atoms with Gasteiger partial charge >= 0.3 is 7.60 Å². The molecular formula is C21H24ClN2O4P. The van der Waals surface area contributed by atoms with Crippen LogP contribution >= 0.6 is 19.2 Å². The smallest absolute Gasteiger partial charge is 0.385 e. The molecule has 0 radical (unpaired) electrons. The van der Waals surface area contributed by atoms with E-state index in [1.54, 1.807) is 13.8 Å². The lowest BCUT2D eigenvalue weighted by Gasteiger charge is -2.15. The predicted molar refractivity (Wildman–Crippen MR) is 115 cm³/mol. The Morgan fingerprint density at radius 3 is 2.34 bits per heavy atom. The molecule has 0 aliphatic heterocycles. The van der Waals surface area contributed by atoms with Crippen LogP contribution in [0.25, 0.3) is 0 Å². The van der Waals surface area contributed by atoms with Gasteiger partial charge in [-0.15, -0.1) is 0 Å². The first-order chi connectivity index (χ1) is 14.1. The Hall–Kier alpha value is -2.11. The molecule has 0 fully saturated rings. The van der Waals surface area contributed by atoms with Gasteiger partial charge in [-0.1, -0.05) is 60.1 Å². The van der Waals surface area contributed by atoms with Gasteiger partial charge < -0.3 is 18.8 Å². The maximum absolute atomic E-state index is 13.3. The zero-order valence-corrected chi connectivity index (χ0v) is 18.1. The van der Waals surface area contributed by atoms with E-state index in [0.29, 0.717) is 23.9 Å². The largest absolute Gasteiger partial charge is 0.424 e. The number of nitrogens with zero attached hydrogens (tertiary/aromatic N) is 1. The van der Waals surface area contributed by atoms with Crippen LogP contribution in [0.4, 0.5) is 5.88 Å². The van der Waals surface area contributed by atoms with Gasteiger partial charge in [-0.05, 0) is 31.0 Å². The molecule has 3 aromatic rings. The fraction of sp³-hybridized carbons (Fsp3) is 0.286. The van der Waals surface area contributed by atoms with Crippen LogP contribution in [-0.4, -0.2) is 18.2 Å². The Bertz CT molecular complexity index is 968. The van der Waals surface area contributed by atoms with Crippen molar-refractivity contribution in [2.75, 3.05) is 18.5 Å². The van der Waals surface area contributed by atoms with Gasteiger partial charge in [0, 0.05) is 18.0 Å². The van der Waals surface area contributed by atoms with E-state index in [-0.39, 0.29) is 24.5 Å². The molecular weight excluding hydrogens is 411 g/mol. The minimum Gasteiger partial charge on any atom is -0.424 e. The molecule has 1 aromatic heterocycles. The van der Waals surface area contributed by atoms with E-state index < -0.39 is 7.60 Å². The fourth-order valence-corrected chi connectivity index (χ4v) is 4.63. The number of benzene rings is 2. The van der Waals surface area contributed by atoms with Crippen LogP contribution in [0.5, 0.6) is 0 Å². The molecule has 2 aromatic carbocycles. The van der Waals surface area contributed by atoms with Crippen molar-refractivity contribution in [1.29, 1.82) is 0 Å². The van der Waals surface area contributed by atoms with Crippen molar-refractivity contribution < 1.29 is 18.0 Å². The highest BCUT2D eigenvalue weighted by Gasteiger charge is 2.35. The van der Waals surface area contributed by atoms with Crippen molar-refractivity contribution in [3.63, 3.8) is 0 Å². The molecule has 0 atom stereocenters. The number of hydrogen-bond acceptors (Lipinski definition) is 6. The van der Waals surface area contributed by atoms with Crippen LogP contribution < -0.4 is 10.8 Å². The molecule has 1 heterocycles. The minimum atomic E-state index is -3.63.